The van der Waals surface area contributed by atoms with Gasteiger partial charge in [0.1, 0.15) is 17.4 Å². The largest absolute Gasteiger partial charge is 0.416 e. The van der Waals surface area contributed by atoms with Gasteiger partial charge in [-0.05, 0) is 75.8 Å². The number of oxazole rings is 1. The van der Waals surface area contributed by atoms with Crippen LogP contribution in [0.15, 0.2) is 51.8 Å². The molecule has 1 saturated heterocycles. The van der Waals surface area contributed by atoms with Gasteiger partial charge in [0.15, 0.2) is 0 Å². The maximum absolute atomic E-state index is 15.8. The molecule has 7 nitrogen and oxygen atoms in total. The third kappa shape index (κ3) is 4.12. The molecule has 0 bridgehead atoms. The van der Waals surface area contributed by atoms with Crippen molar-refractivity contribution < 1.29 is 26.7 Å². The number of aromatic nitrogens is 1. The lowest BCUT2D eigenvalue weighted by Crippen LogP contribution is -2.57. The summed E-state index contributed by atoms with van der Waals surface area (Å²) in [5.74, 6) is -2.05. The Morgan fingerprint density at radius 3 is 2.53 bits per heavy atom. The summed E-state index contributed by atoms with van der Waals surface area (Å²) in [6, 6.07) is 1.79. The standard InChI is InChI=1S/C28H32F2N2O5S/c1-17-7-10-24(18-5-3-2-4-6-18)38(35,36)32(17)14-19-11-23(30)21(12-22(19)29)27(25-13-31-26(33)37-25)15-28(34,16-27)20-8-9-20/h2-5,11-13,17-18,20,24,34H,6-10,14-16H2,1H3,(H,31,33)/t17-,18?,24+,27-,28-/m0/s1. The number of aromatic amines is 1. The van der Waals surface area contributed by atoms with E-state index >= 15 is 8.78 Å². The monoisotopic (exact) mass is 546 g/mol. The Hall–Kier alpha value is -2.56. The van der Waals surface area contributed by atoms with E-state index in [1.807, 2.05) is 24.3 Å². The van der Waals surface area contributed by atoms with Crippen LogP contribution < -0.4 is 5.76 Å². The van der Waals surface area contributed by atoms with Gasteiger partial charge in [0.25, 0.3) is 0 Å². The molecule has 4 aliphatic rings. The number of aliphatic hydroxyl groups is 1. The lowest BCUT2D eigenvalue weighted by molar-refractivity contribution is -0.101. The number of nitrogens with zero attached hydrogens (tertiary/aromatic N) is 1. The molecule has 3 fully saturated rings. The Balaban J connectivity index is 1.32. The van der Waals surface area contributed by atoms with Gasteiger partial charge in [-0.1, -0.05) is 24.3 Å². The highest BCUT2D eigenvalue weighted by Gasteiger charge is 2.63. The predicted molar refractivity (Wildman–Crippen MR) is 137 cm³/mol. The normalized spacial score (nSPS) is 34.8. The Morgan fingerprint density at radius 2 is 1.89 bits per heavy atom. The van der Waals surface area contributed by atoms with Crippen LogP contribution in [0.5, 0.6) is 0 Å². The van der Waals surface area contributed by atoms with Crippen molar-refractivity contribution in [3.05, 3.63) is 81.7 Å². The average molecular weight is 547 g/mol. The molecule has 1 unspecified atom stereocenters. The number of hydrogen-bond acceptors (Lipinski definition) is 5. The second-order valence-electron chi connectivity index (χ2n) is 11.5. The lowest BCUT2D eigenvalue weighted by Gasteiger charge is -2.53. The van der Waals surface area contributed by atoms with E-state index in [1.54, 1.807) is 6.92 Å². The van der Waals surface area contributed by atoms with Crippen molar-refractivity contribution in [2.75, 3.05) is 0 Å². The third-order valence-corrected chi connectivity index (χ3v) is 11.6. The fourth-order valence-corrected chi connectivity index (χ4v) is 9.19. The van der Waals surface area contributed by atoms with Gasteiger partial charge < -0.3 is 9.52 Å². The summed E-state index contributed by atoms with van der Waals surface area (Å²) in [5, 5.41) is 10.4. The first-order valence-corrected chi connectivity index (χ1v) is 14.8. The van der Waals surface area contributed by atoms with Crippen LogP contribution in [0.2, 0.25) is 0 Å². The van der Waals surface area contributed by atoms with Gasteiger partial charge in [-0.15, -0.1) is 0 Å². The molecular weight excluding hydrogens is 514 g/mol. The van der Waals surface area contributed by atoms with E-state index in [1.165, 1.54) is 10.5 Å². The number of halogens is 2. The smallest absolute Gasteiger partial charge is 0.412 e. The van der Waals surface area contributed by atoms with Crippen molar-refractivity contribution in [3.63, 3.8) is 0 Å². The molecule has 0 radical (unpaired) electrons. The Morgan fingerprint density at radius 1 is 1.13 bits per heavy atom. The third-order valence-electron chi connectivity index (χ3n) is 9.09. The molecule has 3 atom stereocenters. The van der Waals surface area contributed by atoms with Crippen LogP contribution in [-0.4, -0.2) is 39.7 Å². The minimum atomic E-state index is -3.76. The number of rotatable bonds is 6. The molecule has 1 aromatic carbocycles. The van der Waals surface area contributed by atoms with Crippen LogP contribution >= 0.6 is 0 Å². The summed E-state index contributed by atoms with van der Waals surface area (Å²) < 4.78 is 65.2. The van der Waals surface area contributed by atoms with Crippen molar-refractivity contribution in [2.45, 2.75) is 80.7 Å². The van der Waals surface area contributed by atoms with Crippen molar-refractivity contribution in [3.8, 4) is 0 Å². The maximum atomic E-state index is 15.8. The van der Waals surface area contributed by atoms with E-state index in [-0.39, 0.29) is 54.2 Å². The van der Waals surface area contributed by atoms with E-state index < -0.39 is 43.7 Å². The molecule has 0 spiro atoms. The molecule has 204 valence electrons. The quantitative estimate of drug-likeness (QED) is 0.563. The number of benzene rings is 1. The zero-order chi connectivity index (χ0) is 26.9. The lowest BCUT2D eigenvalue weighted by atomic mass is 9.53. The molecule has 1 aliphatic heterocycles. The molecule has 6 rings (SSSR count). The summed E-state index contributed by atoms with van der Waals surface area (Å²) >= 11 is 0. The van der Waals surface area contributed by atoms with E-state index in [9.17, 15) is 18.3 Å². The average Bonchev–Trinajstić information content (AvgIpc) is 3.63. The van der Waals surface area contributed by atoms with Gasteiger partial charge in [0.2, 0.25) is 10.0 Å². The summed E-state index contributed by atoms with van der Waals surface area (Å²) in [5.41, 5.74) is -2.26. The van der Waals surface area contributed by atoms with Crippen molar-refractivity contribution in [1.82, 2.24) is 9.29 Å². The number of allylic oxidation sites excluding steroid dienone is 4. The van der Waals surface area contributed by atoms with Gasteiger partial charge in [0, 0.05) is 29.9 Å². The first kappa shape index (κ1) is 25.7. The van der Waals surface area contributed by atoms with E-state index in [0.29, 0.717) is 19.3 Å². The molecule has 2 heterocycles. The van der Waals surface area contributed by atoms with Gasteiger partial charge in [-0.25, -0.2) is 22.0 Å². The van der Waals surface area contributed by atoms with Crippen LogP contribution in [0.4, 0.5) is 8.78 Å². The Labute approximate surface area is 220 Å². The fourth-order valence-electron chi connectivity index (χ4n) is 6.84. The topological polar surface area (TPSA) is 104 Å². The summed E-state index contributed by atoms with van der Waals surface area (Å²) in [4.78, 5) is 14.2. The van der Waals surface area contributed by atoms with Crippen molar-refractivity contribution >= 4 is 10.0 Å². The van der Waals surface area contributed by atoms with Crippen LogP contribution in [0.1, 0.15) is 68.8 Å². The van der Waals surface area contributed by atoms with E-state index in [2.05, 4.69) is 4.98 Å². The second-order valence-corrected chi connectivity index (χ2v) is 13.7. The molecule has 1 aromatic heterocycles. The van der Waals surface area contributed by atoms with Gasteiger partial charge in [-0.2, -0.15) is 4.31 Å². The molecule has 38 heavy (non-hydrogen) atoms. The Bertz CT molecular complexity index is 1470. The van der Waals surface area contributed by atoms with Gasteiger partial charge in [-0.3, -0.25) is 4.98 Å². The van der Waals surface area contributed by atoms with Crippen LogP contribution in [0.3, 0.4) is 0 Å². The number of hydrogen-bond donors (Lipinski definition) is 2. The molecule has 3 aliphatic carbocycles. The molecule has 2 saturated carbocycles. The highest BCUT2D eigenvalue weighted by atomic mass is 32.2. The molecule has 2 N–H and O–H groups in total. The van der Waals surface area contributed by atoms with Crippen LogP contribution in [0, 0.1) is 23.5 Å². The van der Waals surface area contributed by atoms with Gasteiger partial charge >= 0.3 is 5.76 Å². The number of sulfonamides is 1. The summed E-state index contributed by atoms with van der Waals surface area (Å²) in [6.07, 6.45) is 12.7. The highest BCUT2D eigenvalue weighted by Crippen LogP contribution is 2.62. The zero-order valence-corrected chi connectivity index (χ0v) is 22.0. The Kier molecular flexibility index (Phi) is 6.08. The minimum absolute atomic E-state index is 0.00150. The first-order valence-electron chi connectivity index (χ1n) is 13.3. The molecular formula is C28H32F2N2O5S. The second kappa shape index (κ2) is 8.99. The SMILES string of the molecule is C[C@H]1CC[C@H](C2C=CC=CC2)S(=O)(=O)N1Cc1cc(F)c([C@]2(c3c[nH]c(=O)o3)C[C@@](O)(C3CC3)C2)cc1F. The van der Waals surface area contributed by atoms with E-state index in [0.717, 1.165) is 25.0 Å². The summed E-state index contributed by atoms with van der Waals surface area (Å²) in [6.45, 7) is 1.52. The molecule has 10 heteroatoms. The first-order chi connectivity index (χ1) is 18.0. The van der Waals surface area contributed by atoms with E-state index in [4.69, 9.17) is 4.42 Å². The molecule has 0 amide bonds. The minimum Gasteiger partial charge on any atom is -0.412 e. The fraction of sp³-hybridized carbons (Fsp3) is 0.536. The van der Waals surface area contributed by atoms with Crippen LogP contribution in [-0.2, 0) is 22.0 Å². The maximum Gasteiger partial charge on any atom is 0.416 e. The summed E-state index contributed by atoms with van der Waals surface area (Å²) in [7, 11) is -3.76. The highest BCUT2D eigenvalue weighted by molar-refractivity contribution is 7.89. The molecule has 2 aromatic rings. The predicted octanol–water partition coefficient (Wildman–Crippen LogP) is 4.28. The zero-order valence-electron chi connectivity index (χ0n) is 21.2. The van der Waals surface area contributed by atoms with Crippen LogP contribution in [0.25, 0.3) is 0 Å². The number of nitrogens with one attached hydrogen (secondary N) is 1. The van der Waals surface area contributed by atoms with Crippen molar-refractivity contribution in [2.24, 2.45) is 11.8 Å². The number of H-pyrrole nitrogens is 1. The van der Waals surface area contributed by atoms with Gasteiger partial charge in [0.05, 0.1) is 16.3 Å². The van der Waals surface area contributed by atoms with Crippen molar-refractivity contribution in [1.29, 1.82) is 0 Å².